The highest BCUT2D eigenvalue weighted by Crippen LogP contribution is 2.23. The average molecular weight is 320 g/mol. The molecule has 1 fully saturated rings. The minimum absolute atomic E-state index is 0.0642. The van der Waals surface area contributed by atoms with Gasteiger partial charge in [-0.05, 0) is 38.1 Å². The Hall–Kier alpha value is -1.25. The maximum Gasteiger partial charge on any atom is 0.387 e. The van der Waals surface area contributed by atoms with Crippen molar-refractivity contribution < 1.29 is 21.9 Å². The topological polar surface area (TPSA) is 58.6 Å². The second kappa shape index (κ2) is 6.25. The Labute approximate surface area is 122 Å². The van der Waals surface area contributed by atoms with Gasteiger partial charge in [0, 0.05) is 25.2 Å². The first-order valence-electron chi connectivity index (χ1n) is 6.61. The van der Waals surface area contributed by atoms with Crippen LogP contribution in [0.3, 0.4) is 0 Å². The lowest BCUT2D eigenvalue weighted by molar-refractivity contribution is -0.0498. The summed E-state index contributed by atoms with van der Waals surface area (Å²) in [5, 5.41) is 3.21. The second-order valence-corrected chi connectivity index (χ2v) is 6.97. The van der Waals surface area contributed by atoms with E-state index in [-0.39, 0.29) is 22.7 Å². The average Bonchev–Trinajstić information content (AvgIpc) is 2.41. The zero-order chi connectivity index (χ0) is 15.6. The summed E-state index contributed by atoms with van der Waals surface area (Å²) in [4.78, 5) is 0.0741. The molecule has 1 aromatic rings. The summed E-state index contributed by atoms with van der Waals surface area (Å²) in [6.45, 7) is 1.76. The van der Waals surface area contributed by atoms with Gasteiger partial charge in [-0.2, -0.15) is 13.1 Å². The first-order valence-corrected chi connectivity index (χ1v) is 8.05. The molecule has 0 radical (unpaired) electrons. The highest BCUT2D eigenvalue weighted by molar-refractivity contribution is 7.89. The molecule has 0 saturated carbocycles. The summed E-state index contributed by atoms with van der Waals surface area (Å²) >= 11 is 0. The molecule has 2 unspecified atom stereocenters. The SMILES string of the molecule is CC1CN(S(=O)(=O)c2ccc(OC(F)F)cc2)C(C)CN1. The van der Waals surface area contributed by atoms with Crippen molar-refractivity contribution in [2.45, 2.75) is 37.4 Å². The number of rotatable bonds is 4. The summed E-state index contributed by atoms with van der Waals surface area (Å²) in [5.41, 5.74) is 0. The third-order valence-corrected chi connectivity index (χ3v) is 5.36. The number of halogens is 2. The number of sulfonamides is 1. The van der Waals surface area contributed by atoms with Crippen molar-refractivity contribution >= 4 is 10.0 Å². The van der Waals surface area contributed by atoms with Crippen LogP contribution in [0.4, 0.5) is 8.78 Å². The lowest BCUT2D eigenvalue weighted by Gasteiger charge is -2.36. The Kier molecular flexibility index (Phi) is 4.80. The minimum atomic E-state index is -3.64. The van der Waals surface area contributed by atoms with Crippen LogP contribution in [0.25, 0.3) is 0 Å². The fourth-order valence-corrected chi connectivity index (χ4v) is 3.97. The van der Waals surface area contributed by atoms with Gasteiger partial charge >= 0.3 is 6.61 Å². The van der Waals surface area contributed by atoms with Gasteiger partial charge in [0.15, 0.2) is 0 Å². The molecular weight excluding hydrogens is 302 g/mol. The summed E-state index contributed by atoms with van der Waals surface area (Å²) in [6, 6.07) is 4.93. The Morgan fingerprint density at radius 1 is 1.29 bits per heavy atom. The summed E-state index contributed by atoms with van der Waals surface area (Å²) < 4.78 is 55.0. The van der Waals surface area contributed by atoms with Gasteiger partial charge in [0.2, 0.25) is 10.0 Å². The van der Waals surface area contributed by atoms with Crippen LogP contribution >= 0.6 is 0 Å². The predicted octanol–water partition coefficient (Wildman–Crippen LogP) is 1.66. The Morgan fingerprint density at radius 2 is 1.90 bits per heavy atom. The van der Waals surface area contributed by atoms with Crippen LogP contribution in [0.15, 0.2) is 29.2 Å². The minimum Gasteiger partial charge on any atom is -0.435 e. The van der Waals surface area contributed by atoms with E-state index in [1.165, 1.54) is 28.6 Å². The zero-order valence-corrected chi connectivity index (χ0v) is 12.6. The molecular formula is C13H18F2N2O3S. The van der Waals surface area contributed by atoms with Crippen LogP contribution in [0.5, 0.6) is 5.75 Å². The molecule has 1 aromatic carbocycles. The van der Waals surface area contributed by atoms with Crippen molar-refractivity contribution in [3.8, 4) is 5.75 Å². The molecule has 0 spiro atoms. The molecule has 1 aliphatic heterocycles. The van der Waals surface area contributed by atoms with Crippen LogP contribution in [0, 0.1) is 0 Å². The molecule has 8 heteroatoms. The number of nitrogens with zero attached hydrogens (tertiary/aromatic N) is 1. The van der Waals surface area contributed by atoms with Gasteiger partial charge < -0.3 is 10.1 Å². The van der Waals surface area contributed by atoms with Crippen LogP contribution < -0.4 is 10.1 Å². The molecule has 5 nitrogen and oxygen atoms in total. The second-order valence-electron chi connectivity index (χ2n) is 5.08. The van der Waals surface area contributed by atoms with E-state index in [9.17, 15) is 17.2 Å². The van der Waals surface area contributed by atoms with E-state index < -0.39 is 16.6 Å². The summed E-state index contributed by atoms with van der Waals surface area (Å²) in [6.07, 6.45) is 0. The number of ether oxygens (including phenoxy) is 1. The van der Waals surface area contributed by atoms with E-state index >= 15 is 0 Å². The number of hydrogen-bond donors (Lipinski definition) is 1. The third kappa shape index (κ3) is 3.69. The smallest absolute Gasteiger partial charge is 0.387 e. The Morgan fingerprint density at radius 3 is 2.48 bits per heavy atom. The van der Waals surface area contributed by atoms with Crippen molar-refractivity contribution in [1.29, 1.82) is 0 Å². The van der Waals surface area contributed by atoms with Crippen LogP contribution in [0.2, 0.25) is 0 Å². The van der Waals surface area contributed by atoms with Crippen molar-refractivity contribution in [3.63, 3.8) is 0 Å². The molecule has 2 atom stereocenters. The largest absolute Gasteiger partial charge is 0.435 e. The maximum atomic E-state index is 12.6. The quantitative estimate of drug-likeness (QED) is 0.917. The third-order valence-electron chi connectivity index (χ3n) is 3.36. The van der Waals surface area contributed by atoms with Crippen molar-refractivity contribution in [3.05, 3.63) is 24.3 Å². The van der Waals surface area contributed by atoms with Gasteiger partial charge in [-0.25, -0.2) is 8.42 Å². The van der Waals surface area contributed by atoms with Gasteiger partial charge in [-0.3, -0.25) is 0 Å². The number of nitrogens with one attached hydrogen (secondary N) is 1. The monoisotopic (exact) mass is 320 g/mol. The van der Waals surface area contributed by atoms with Crippen molar-refractivity contribution in [2.75, 3.05) is 13.1 Å². The van der Waals surface area contributed by atoms with Gasteiger partial charge in [0.05, 0.1) is 4.90 Å². The number of alkyl halides is 2. The summed E-state index contributed by atoms with van der Waals surface area (Å²) in [7, 11) is -3.64. The van der Waals surface area contributed by atoms with E-state index in [4.69, 9.17) is 0 Å². The maximum absolute atomic E-state index is 12.6. The standard InChI is InChI=1S/C13H18F2N2O3S/c1-9-8-17(10(2)7-16-9)21(18,19)12-5-3-11(4-6-12)20-13(14)15/h3-6,9-10,13,16H,7-8H2,1-2H3. The van der Waals surface area contributed by atoms with Crippen molar-refractivity contribution in [1.82, 2.24) is 9.62 Å². The fourth-order valence-electron chi connectivity index (χ4n) is 2.25. The Bertz CT molecular complexity index is 578. The van der Waals surface area contributed by atoms with Crippen LogP contribution in [0.1, 0.15) is 13.8 Å². The highest BCUT2D eigenvalue weighted by Gasteiger charge is 2.33. The molecule has 0 bridgehead atoms. The molecule has 118 valence electrons. The molecule has 1 heterocycles. The highest BCUT2D eigenvalue weighted by atomic mass is 32.2. The molecule has 0 aromatic heterocycles. The molecule has 0 amide bonds. The van der Waals surface area contributed by atoms with E-state index in [1.807, 2.05) is 13.8 Å². The van der Waals surface area contributed by atoms with Crippen molar-refractivity contribution in [2.24, 2.45) is 0 Å². The molecule has 0 aliphatic carbocycles. The number of hydrogen-bond acceptors (Lipinski definition) is 4. The van der Waals surface area contributed by atoms with Crippen LogP contribution in [-0.4, -0.2) is 44.5 Å². The van der Waals surface area contributed by atoms with Gasteiger partial charge in [-0.1, -0.05) is 0 Å². The Balaban J connectivity index is 2.22. The van der Waals surface area contributed by atoms with Gasteiger partial charge in [0.1, 0.15) is 5.75 Å². The predicted molar refractivity (Wildman–Crippen MR) is 73.9 cm³/mol. The normalized spacial score (nSPS) is 24.2. The molecule has 1 aliphatic rings. The van der Waals surface area contributed by atoms with E-state index in [2.05, 4.69) is 10.1 Å². The summed E-state index contributed by atoms with van der Waals surface area (Å²) in [5.74, 6) is -0.0642. The first kappa shape index (κ1) is 16.1. The van der Waals surface area contributed by atoms with Gasteiger partial charge in [0.25, 0.3) is 0 Å². The number of benzene rings is 1. The molecule has 2 rings (SSSR count). The fraction of sp³-hybridized carbons (Fsp3) is 0.538. The molecule has 1 N–H and O–H groups in total. The number of piperazine rings is 1. The van der Waals surface area contributed by atoms with E-state index in [0.717, 1.165) is 0 Å². The molecule has 21 heavy (non-hydrogen) atoms. The van der Waals surface area contributed by atoms with Gasteiger partial charge in [-0.15, -0.1) is 0 Å². The first-order chi connectivity index (χ1) is 9.80. The lowest BCUT2D eigenvalue weighted by atomic mass is 10.2. The lowest BCUT2D eigenvalue weighted by Crippen LogP contribution is -2.56. The van der Waals surface area contributed by atoms with E-state index in [0.29, 0.717) is 13.1 Å². The van der Waals surface area contributed by atoms with Crippen LogP contribution in [-0.2, 0) is 10.0 Å². The molecule has 1 saturated heterocycles. The zero-order valence-electron chi connectivity index (χ0n) is 11.8. The van der Waals surface area contributed by atoms with E-state index in [1.54, 1.807) is 0 Å².